The predicted molar refractivity (Wildman–Crippen MR) is 129 cm³/mol. The van der Waals surface area contributed by atoms with Crippen molar-refractivity contribution in [3.05, 3.63) is 93.5 Å². The monoisotopic (exact) mass is 491 g/mol. The number of carbonyl (C=O) groups is 1. The average Bonchev–Trinajstić information content (AvgIpc) is 2.74. The maximum absolute atomic E-state index is 12.8. The second-order valence-corrected chi connectivity index (χ2v) is 9.99. The van der Waals surface area contributed by atoms with Crippen molar-refractivity contribution in [2.45, 2.75) is 18.0 Å². The standard InChI is InChI=1S/C23H23Cl2N3O3S/c1-28(2)15-17-5-3-16(4-6-17)14-26-23(29)18-7-12-21(25)22(13-18)32(30,31)27-20-10-8-19(24)9-11-20/h3-13,27H,14-15H2,1-2H3,(H,26,29). The Bertz CT molecular complexity index is 1200. The van der Waals surface area contributed by atoms with Crippen molar-refractivity contribution in [2.75, 3.05) is 18.8 Å². The first kappa shape index (κ1) is 24.1. The highest BCUT2D eigenvalue weighted by atomic mass is 35.5. The van der Waals surface area contributed by atoms with Gasteiger partial charge < -0.3 is 10.2 Å². The first-order valence-corrected chi connectivity index (χ1v) is 12.0. The minimum Gasteiger partial charge on any atom is -0.348 e. The van der Waals surface area contributed by atoms with Gasteiger partial charge in [0.2, 0.25) is 0 Å². The lowest BCUT2D eigenvalue weighted by Gasteiger charge is -2.12. The molecule has 0 radical (unpaired) electrons. The molecular weight excluding hydrogens is 469 g/mol. The van der Waals surface area contributed by atoms with Gasteiger partial charge in [-0.2, -0.15) is 0 Å². The molecule has 0 fully saturated rings. The molecule has 0 saturated heterocycles. The van der Waals surface area contributed by atoms with Crippen molar-refractivity contribution in [3.8, 4) is 0 Å². The number of sulfonamides is 1. The number of anilines is 1. The van der Waals surface area contributed by atoms with E-state index < -0.39 is 15.9 Å². The van der Waals surface area contributed by atoms with Crippen molar-refractivity contribution < 1.29 is 13.2 Å². The van der Waals surface area contributed by atoms with Crippen LogP contribution in [-0.2, 0) is 23.1 Å². The third-order valence-corrected chi connectivity index (χ3v) is 6.67. The van der Waals surface area contributed by atoms with E-state index in [1.54, 1.807) is 12.1 Å². The molecule has 168 valence electrons. The van der Waals surface area contributed by atoms with Crippen LogP contribution in [0.2, 0.25) is 10.0 Å². The summed E-state index contributed by atoms with van der Waals surface area (Å²) >= 11 is 12.0. The summed E-state index contributed by atoms with van der Waals surface area (Å²) in [4.78, 5) is 14.5. The molecule has 0 unspecified atom stereocenters. The van der Waals surface area contributed by atoms with Crippen LogP contribution in [-0.4, -0.2) is 33.3 Å². The number of amides is 1. The Hall–Kier alpha value is -2.58. The van der Waals surface area contributed by atoms with Crippen LogP contribution in [0.3, 0.4) is 0 Å². The molecule has 3 aromatic carbocycles. The minimum atomic E-state index is -4.00. The largest absolute Gasteiger partial charge is 0.348 e. The molecule has 0 aliphatic carbocycles. The molecule has 2 N–H and O–H groups in total. The number of hydrogen-bond donors (Lipinski definition) is 2. The lowest BCUT2D eigenvalue weighted by atomic mass is 10.1. The first-order valence-electron chi connectivity index (χ1n) is 9.73. The summed E-state index contributed by atoms with van der Waals surface area (Å²) in [6.07, 6.45) is 0. The Labute approximate surface area is 198 Å². The third kappa shape index (κ3) is 6.46. The van der Waals surface area contributed by atoms with E-state index in [1.807, 2.05) is 38.4 Å². The Morgan fingerprint density at radius 1 is 0.906 bits per heavy atom. The summed E-state index contributed by atoms with van der Waals surface area (Å²) in [5.41, 5.74) is 2.63. The van der Waals surface area contributed by atoms with Gasteiger partial charge in [0.1, 0.15) is 4.90 Å². The lowest BCUT2D eigenvalue weighted by molar-refractivity contribution is 0.0950. The topological polar surface area (TPSA) is 78.5 Å². The van der Waals surface area contributed by atoms with Crippen LogP contribution in [0.4, 0.5) is 5.69 Å². The molecule has 0 aliphatic heterocycles. The van der Waals surface area contributed by atoms with Gasteiger partial charge in [-0.15, -0.1) is 0 Å². The Kier molecular flexibility index (Phi) is 7.79. The molecular formula is C23H23Cl2N3O3S. The maximum atomic E-state index is 12.8. The van der Waals surface area contributed by atoms with Gasteiger partial charge in [0, 0.05) is 29.4 Å². The summed E-state index contributed by atoms with van der Waals surface area (Å²) in [7, 11) is -0.00437. The van der Waals surface area contributed by atoms with E-state index in [0.717, 1.165) is 12.1 Å². The second kappa shape index (κ2) is 10.4. The smallest absolute Gasteiger partial charge is 0.263 e. The van der Waals surface area contributed by atoms with E-state index in [4.69, 9.17) is 23.2 Å². The van der Waals surface area contributed by atoms with Crippen molar-refractivity contribution in [1.82, 2.24) is 10.2 Å². The van der Waals surface area contributed by atoms with Crippen LogP contribution >= 0.6 is 23.2 Å². The van der Waals surface area contributed by atoms with Crippen molar-refractivity contribution >= 4 is 44.8 Å². The zero-order valence-corrected chi connectivity index (χ0v) is 19.9. The van der Waals surface area contributed by atoms with Crippen molar-refractivity contribution in [2.24, 2.45) is 0 Å². The molecule has 0 atom stereocenters. The third-order valence-electron chi connectivity index (χ3n) is 4.55. The molecule has 0 bridgehead atoms. The first-order chi connectivity index (χ1) is 15.1. The summed E-state index contributed by atoms with van der Waals surface area (Å²) in [5.74, 6) is -0.401. The molecule has 6 nitrogen and oxygen atoms in total. The molecule has 3 aromatic rings. The van der Waals surface area contributed by atoms with Gasteiger partial charge in [0.15, 0.2) is 0 Å². The Morgan fingerprint density at radius 3 is 2.16 bits per heavy atom. The lowest BCUT2D eigenvalue weighted by Crippen LogP contribution is -2.23. The van der Waals surface area contributed by atoms with Crippen LogP contribution in [0, 0.1) is 0 Å². The SMILES string of the molecule is CN(C)Cc1ccc(CNC(=O)c2ccc(Cl)c(S(=O)(=O)Nc3ccc(Cl)cc3)c2)cc1. The van der Waals surface area contributed by atoms with E-state index in [0.29, 0.717) is 17.3 Å². The summed E-state index contributed by atoms with van der Waals surface area (Å²) in [5, 5.41) is 3.30. The fraction of sp³-hybridized carbons (Fsp3) is 0.174. The van der Waals surface area contributed by atoms with Gasteiger partial charge in [-0.3, -0.25) is 9.52 Å². The number of halogens is 2. The highest BCUT2D eigenvalue weighted by molar-refractivity contribution is 7.92. The fourth-order valence-corrected chi connectivity index (χ4v) is 4.70. The predicted octanol–water partition coefficient (Wildman–Crippen LogP) is 4.79. The highest BCUT2D eigenvalue weighted by Crippen LogP contribution is 2.25. The average molecular weight is 492 g/mol. The molecule has 9 heteroatoms. The van der Waals surface area contributed by atoms with Gasteiger partial charge >= 0.3 is 0 Å². The Balaban J connectivity index is 1.71. The van der Waals surface area contributed by atoms with Crippen LogP contribution < -0.4 is 10.0 Å². The van der Waals surface area contributed by atoms with Gasteiger partial charge in [-0.05, 0) is 67.7 Å². The quantitative estimate of drug-likeness (QED) is 0.474. The summed E-state index contributed by atoms with van der Waals surface area (Å²) < 4.78 is 28.1. The second-order valence-electron chi connectivity index (χ2n) is 7.49. The zero-order valence-electron chi connectivity index (χ0n) is 17.6. The van der Waals surface area contributed by atoms with E-state index in [1.165, 1.54) is 35.9 Å². The van der Waals surface area contributed by atoms with Gasteiger partial charge in [0.25, 0.3) is 15.9 Å². The number of rotatable bonds is 8. The highest BCUT2D eigenvalue weighted by Gasteiger charge is 2.20. The molecule has 3 rings (SSSR count). The number of benzene rings is 3. The number of carbonyl (C=O) groups excluding carboxylic acids is 1. The van der Waals surface area contributed by atoms with Crippen LogP contribution in [0.25, 0.3) is 0 Å². The maximum Gasteiger partial charge on any atom is 0.263 e. The molecule has 0 aliphatic rings. The number of hydrogen-bond acceptors (Lipinski definition) is 4. The fourth-order valence-electron chi connectivity index (χ4n) is 2.99. The van der Waals surface area contributed by atoms with Crippen molar-refractivity contribution in [1.29, 1.82) is 0 Å². The van der Waals surface area contributed by atoms with E-state index in [9.17, 15) is 13.2 Å². The molecule has 0 aromatic heterocycles. The van der Waals surface area contributed by atoms with Crippen molar-refractivity contribution in [3.63, 3.8) is 0 Å². The van der Waals surface area contributed by atoms with Crippen LogP contribution in [0.5, 0.6) is 0 Å². The van der Waals surface area contributed by atoms with Gasteiger partial charge in [0.05, 0.1) is 5.02 Å². The van der Waals surface area contributed by atoms with Crippen LogP contribution in [0.1, 0.15) is 21.5 Å². The molecule has 1 amide bonds. The van der Waals surface area contributed by atoms with E-state index in [-0.39, 0.29) is 15.5 Å². The van der Waals surface area contributed by atoms with E-state index in [2.05, 4.69) is 14.9 Å². The van der Waals surface area contributed by atoms with Gasteiger partial charge in [-0.25, -0.2) is 8.42 Å². The molecule has 0 heterocycles. The van der Waals surface area contributed by atoms with Crippen LogP contribution in [0.15, 0.2) is 71.6 Å². The summed E-state index contributed by atoms with van der Waals surface area (Å²) in [6.45, 7) is 1.15. The Morgan fingerprint density at radius 2 is 1.53 bits per heavy atom. The minimum absolute atomic E-state index is 0.0134. The normalized spacial score (nSPS) is 11.4. The number of nitrogens with zero attached hydrogens (tertiary/aromatic N) is 1. The van der Waals surface area contributed by atoms with E-state index >= 15 is 0 Å². The molecule has 0 saturated carbocycles. The zero-order chi connectivity index (χ0) is 23.3. The van der Waals surface area contributed by atoms with Gasteiger partial charge in [-0.1, -0.05) is 47.5 Å². The summed E-state index contributed by atoms with van der Waals surface area (Å²) in [6, 6.07) is 18.3. The molecule has 0 spiro atoms. The molecule has 32 heavy (non-hydrogen) atoms. The number of nitrogens with one attached hydrogen (secondary N) is 2.